The summed E-state index contributed by atoms with van der Waals surface area (Å²) in [4.78, 5) is 27.7. The van der Waals surface area contributed by atoms with Crippen molar-refractivity contribution in [2.24, 2.45) is 0 Å². The van der Waals surface area contributed by atoms with Crippen LogP contribution in [0.1, 0.15) is 18.4 Å². The van der Waals surface area contributed by atoms with E-state index in [1.165, 1.54) is 11.0 Å². The molecule has 0 atom stereocenters. The molecule has 8 heteroatoms. The van der Waals surface area contributed by atoms with Gasteiger partial charge in [0.2, 0.25) is 5.91 Å². The van der Waals surface area contributed by atoms with Crippen molar-refractivity contribution in [3.8, 4) is 0 Å². The number of rotatable bonds is 7. The fourth-order valence-electron chi connectivity index (χ4n) is 3.46. The van der Waals surface area contributed by atoms with Crippen LogP contribution in [0.5, 0.6) is 0 Å². The molecule has 3 rings (SSSR count). The lowest BCUT2D eigenvalue weighted by Crippen LogP contribution is -2.49. The normalized spacial score (nSPS) is 18.8. The van der Waals surface area contributed by atoms with E-state index in [-0.39, 0.29) is 24.9 Å². The van der Waals surface area contributed by atoms with Crippen LogP contribution in [0, 0.1) is 5.82 Å². The van der Waals surface area contributed by atoms with Crippen molar-refractivity contribution in [2.45, 2.75) is 25.0 Å². The van der Waals surface area contributed by atoms with E-state index in [0.717, 1.165) is 0 Å². The molecule has 0 unspecified atom stereocenters. The fourth-order valence-corrected chi connectivity index (χ4v) is 3.46. The SMILES string of the molecule is COCCOCC(=O)N1CCC2(CC1)CN(Cc1ccccc1F)C(=O)O2. The van der Waals surface area contributed by atoms with E-state index in [0.29, 0.717) is 51.3 Å². The second-order valence-corrected chi connectivity index (χ2v) is 6.92. The lowest BCUT2D eigenvalue weighted by atomic mass is 9.91. The van der Waals surface area contributed by atoms with Gasteiger partial charge in [-0.2, -0.15) is 0 Å². The van der Waals surface area contributed by atoms with Crippen molar-refractivity contribution >= 4 is 12.0 Å². The molecule has 0 aromatic heterocycles. The van der Waals surface area contributed by atoms with Crippen molar-refractivity contribution in [1.29, 1.82) is 0 Å². The molecule has 1 spiro atoms. The Labute approximate surface area is 158 Å². The van der Waals surface area contributed by atoms with Crippen LogP contribution in [0.25, 0.3) is 0 Å². The van der Waals surface area contributed by atoms with Crippen LogP contribution in [0.3, 0.4) is 0 Å². The third kappa shape index (κ3) is 4.75. The molecule has 2 saturated heterocycles. The first-order chi connectivity index (χ1) is 13.0. The number of nitrogens with zero attached hydrogens (tertiary/aromatic N) is 2. The fraction of sp³-hybridized carbons (Fsp3) is 0.579. The first-order valence-electron chi connectivity index (χ1n) is 9.09. The largest absolute Gasteiger partial charge is 0.441 e. The summed E-state index contributed by atoms with van der Waals surface area (Å²) < 4.78 is 29.6. The van der Waals surface area contributed by atoms with Crippen molar-refractivity contribution in [1.82, 2.24) is 9.80 Å². The highest BCUT2D eigenvalue weighted by Crippen LogP contribution is 2.34. The molecule has 148 valence electrons. The predicted molar refractivity (Wildman–Crippen MR) is 94.5 cm³/mol. The number of hydrogen-bond acceptors (Lipinski definition) is 5. The summed E-state index contributed by atoms with van der Waals surface area (Å²) >= 11 is 0. The zero-order chi connectivity index (χ0) is 19.3. The van der Waals surface area contributed by atoms with E-state index >= 15 is 0 Å². The van der Waals surface area contributed by atoms with Crippen molar-refractivity contribution < 1.29 is 28.2 Å². The Balaban J connectivity index is 1.50. The minimum Gasteiger partial charge on any atom is -0.441 e. The number of carbonyl (C=O) groups is 2. The summed E-state index contributed by atoms with van der Waals surface area (Å²) in [5.74, 6) is -0.409. The number of hydrogen-bond donors (Lipinski definition) is 0. The molecule has 2 fully saturated rings. The summed E-state index contributed by atoms with van der Waals surface area (Å²) in [5.41, 5.74) is -0.136. The van der Waals surface area contributed by atoms with E-state index in [9.17, 15) is 14.0 Å². The molecular weight excluding hydrogens is 355 g/mol. The van der Waals surface area contributed by atoms with Crippen LogP contribution in [0.4, 0.5) is 9.18 Å². The molecular formula is C19H25FN2O5. The molecule has 0 radical (unpaired) electrons. The zero-order valence-corrected chi connectivity index (χ0v) is 15.5. The second-order valence-electron chi connectivity index (χ2n) is 6.92. The molecule has 2 aliphatic heterocycles. The van der Waals surface area contributed by atoms with Gasteiger partial charge in [-0.05, 0) is 6.07 Å². The molecule has 7 nitrogen and oxygen atoms in total. The highest BCUT2D eigenvalue weighted by molar-refractivity contribution is 5.77. The van der Waals surface area contributed by atoms with Gasteiger partial charge in [-0.25, -0.2) is 9.18 Å². The molecule has 0 bridgehead atoms. The zero-order valence-electron chi connectivity index (χ0n) is 15.5. The first kappa shape index (κ1) is 19.6. The van der Waals surface area contributed by atoms with Gasteiger partial charge >= 0.3 is 6.09 Å². The Morgan fingerprint density at radius 3 is 2.70 bits per heavy atom. The van der Waals surface area contributed by atoms with Crippen molar-refractivity contribution in [3.63, 3.8) is 0 Å². The van der Waals surface area contributed by atoms with Crippen LogP contribution in [0.2, 0.25) is 0 Å². The number of piperidine rings is 1. The number of carbonyl (C=O) groups excluding carboxylic acids is 2. The van der Waals surface area contributed by atoms with E-state index in [2.05, 4.69) is 0 Å². The van der Waals surface area contributed by atoms with E-state index in [1.54, 1.807) is 30.2 Å². The maximum absolute atomic E-state index is 13.9. The highest BCUT2D eigenvalue weighted by Gasteiger charge is 2.47. The minimum absolute atomic E-state index is 0.0234. The van der Waals surface area contributed by atoms with Gasteiger partial charge in [-0.3, -0.25) is 9.69 Å². The Bertz CT molecular complexity index is 676. The molecule has 2 aliphatic rings. The number of halogens is 1. The topological polar surface area (TPSA) is 68.3 Å². The summed E-state index contributed by atoms with van der Waals surface area (Å²) in [6.07, 6.45) is 0.702. The maximum Gasteiger partial charge on any atom is 0.410 e. The predicted octanol–water partition coefficient (Wildman–Crippen LogP) is 1.80. The molecule has 2 heterocycles. The van der Waals surface area contributed by atoms with E-state index in [4.69, 9.17) is 14.2 Å². The van der Waals surface area contributed by atoms with Crippen LogP contribution >= 0.6 is 0 Å². The van der Waals surface area contributed by atoms with Crippen molar-refractivity contribution in [3.05, 3.63) is 35.6 Å². The average molecular weight is 380 g/mol. The van der Waals surface area contributed by atoms with Crippen LogP contribution in [-0.2, 0) is 25.5 Å². The Morgan fingerprint density at radius 2 is 2.00 bits per heavy atom. The van der Waals surface area contributed by atoms with Crippen molar-refractivity contribution in [2.75, 3.05) is 46.6 Å². The van der Waals surface area contributed by atoms with Gasteiger partial charge in [0.05, 0.1) is 26.3 Å². The van der Waals surface area contributed by atoms with Gasteiger partial charge in [-0.15, -0.1) is 0 Å². The van der Waals surface area contributed by atoms with Crippen LogP contribution in [-0.4, -0.2) is 74.0 Å². The smallest absolute Gasteiger partial charge is 0.410 e. The number of methoxy groups -OCH3 is 1. The Morgan fingerprint density at radius 1 is 1.26 bits per heavy atom. The van der Waals surface area contributed by atoms with Gasteiger partial charge in [0.15, 0.2) is 0 Å². The Kier molecular flexibility index (Phi) is 6.28. The van der Waals surface area contributed by atoms with Gasteiger partial charge in [0, 0.05) is 38.6 Å². The molecule has 0 N–H and O–H groups in total. The lowest BCUT2D eigenvalue weighted by Gasteiger charge is -2.37. The molecule has 1 aromatic carbocycles. The van der Waals surface area contributed by atoms with Gasteiger partial charge < -0.3 is 19.1 Å². The average Bonchev–Trinajstić information content (AvgIpc) is 2.96. The van der Waals surface area contributed by atoms with Gasteiger partial charge in [-0.1, -0.05) is 18.2 Å². The Hall–Kier alpha value is -2.19. The molecule has 27 heavy (non-hydrogen) atoms. The van der Waals surface area contributed by atoms with Crippen LogP contribution in [0.15, 0.2) is 24.3 Å². The monoisotopic (exact) mass is 380 g/mol. The highest BCUT2D eigenvalue weighted by atomic mass is 19.1. The molecule has 1 aromatic rings. The van der Waals surface area contributed by atoms with Gasteiger partial charge in [0.25, 0.3) is 0 Å². The molecule has 0 saturated carbocycles. The van der Waals surface area contributed by atoms with E-state index < -0.39 is 11.7 Å². The maximum atomic E-state index is 13.9. The number of amides is 2. The summed E-state index contributed by atoms with van der Waals surface area (Å²) in [5, 5.41) is 0. The standard InChI is InChI=1S/C19H25FN2O5/c1-25-10-11-26-13-17(23)21-8-6-19(7-9-21)14-22(18(24)27-19)12-15-4-2-3-5-16(15)20/h2-5H,6-14H2,1H3. The van der Waals surface area contributed by atoms with Gasteiger partial charge in [0.1, 0.15) is 18.0 Å². The van der Waals surface area contributed by atoms with E-state index in [1.807, 2.05) is 0 Å². The molecule has 2 amide bonds. The molecule has 0 aliphatic carbocycles. The van der Waals surface area contributed by atoms with Crippen LogP contribution < -0.4 is 0 Å². The number of likely N-dealkylation sites (tertiary alicyclic amines) is 1. The quantitative estimate of drug-likeness (QED) is 0.675. The lowest BCUT2D eigenvalue weighted by molar-refractivity contribution is -0.139. The number of benzene rings is 1. The summed E-state index contributed by atoms with van der Waals surface area (Å²) in [6.45, 7) is 2.46. The number of ether oxygens (including phenoxy) is 3. The summed E-state index contributed by atoms with van der Waals surface area (Å²) in [7, 11) is 1.58. The second kappa shape index (κ2) is 8.67. The first-order valence-corrected chi connectivity index (χ1v) is 9.09. The third-order valence-electron chi connectivity index (χ3n) is 5.04. The third-order valence-corrected chi connectivity index (χ3v) is 5.04. The minimum atomic E-state index is -0.601. The summed E-state index contributed by atoms with van der Waals surface area (Å²) in [6, 6.07) is 6.41.